The first kappa shape index (κ1) is 33.9. The standard InChI is InChI=1S/C56H43NS/c1-55(2)49-23-6-3-17-44(49)47-21-12-19-41(53(47)55)37-14-11-15-39(34-37)57(40-30-31-45-43-16-4-7-24-50(43)56(51(45)35-40)32-9-10-33-56)38-28-26-36(27-29-38)42-20-13-22-48-46-18-5-8-25-52(46)58-54(42)48/h3-8,11-31,34-35H,9-10,32-33H2,1-2H3. The highest BCUT2D eigenvalue weighted by Gasteiger charge is 2.45. The van der Waals surface area contributed by atoms with Crippen molar-refractivity contribution in [2.75, 3.05) is 4.90 Å². The number of anilines is 3. The lowest BCUT2D eigenvalue weighted by Gasteiger charge is -2.30. The van der Waals surface area contributed by atoms with E-state index in [4.69, 9.17) is 0 Å². The first-order valence-electron chi connectivity index (χ1n) is 20.9. The summed E-state index contributed by atoms with van der Waals surface area (Å²) in [5.74, 6) is 0. The number of benzene rings is 8. The first-order valence-corrected chi connectivity index (χ1v) is 21.7. The summed E-state index contributed by atoms with van der Waals surface area (Å²) in [6.07, 6.45) is 4.98. The van der Waals surface area contributed by atoms with E-state index < -0.39 is 0 Å². The van der Waals surface area contributed by atoms with Crippen LogP contribution >= 0.6 is 11.3 Å². The van der Waals surface area contributed by atoms with Crippen LogP contribution in [0.4, 0.5) is 17.1 Å². The van der Waals surface area contributed by atoms with Crippen molar-refractivity contribution in [2.45, 2.75) is 50.4 Å². The fourth-order valence-electron chi connectivity index (χ4n) is 11.2. The van der Waals surface area contributed by atoms with Gasteiger partial charge in [-0.1, -0.05) is 160 Å². The summed E-state index contributed by atoms with van der Waals surface area (Å²) in [7, 11) is 0. The zero-order valence-electron chi connectivity index (χ0n) is 32.9. The third-order valence-corrected chi connectivity index (χ3v) is 15.0. The second-order valence-corrected chi connectivity index (χ2v) is 18.2. The van der Waals surface area contributed by atoms with Crippen molar-refractivity contribution in [1.29, 1.82) is 0 Å². The summed E-state index contributed by atoms with van der Waals surface area (Å²) < 4.78 is 2.68. The quantitative estimate of drug-likeness (QED) is 0.169. The Kier molecular flexibility index (Phi) is 7.38. The van der Waals surface area contributed by atoms with Gasteiger partial charge < -0.3 is 4.90 Å². The number of thiophene rings is 1. The molecule has 1 nitrogen and oxygen atoms in total. The Balaban J connectivity index is 1.02. The highest BCUT2D eigenvalue weighted by atomic mass is 32.1. The van der Waals surface area contributed by atoms with Gasteiger partial charge in [0.15, 0.2) is 0 Å². The summed E-state index contributed by atoms with van der Waals surface area (Å²) in [4.78, 5) is 2.50. The minimum Gasteiger partial charge on any atom is -0.310 e. The lowest BCUT2D eigenvalue weighted by molar-refractivity contribution is 0.550. The molecule has 0 bridgehead atoms. The van der Waals surface area contributed by atoms with Crippen LogP contribution in [0.2, 0.25) is 0 Å². The van der Waals surface area contributed by atoms with Gasteiger partial charge in [0.2, 0.25) is 0 Å². The van der Waals surface area contributed by atoms with Crippen molar-refractivity contribution in [1.82, 2.24) is 0 Å². The third kappa shape index (κ3) is 4.82. The number of nitrogens with zero attached hydrogens (tertiary/aromatic N) is 1. The highest BCUT2D eigenvalue weighted by molar-refractivity contribution is 7.26. The maximum Gasteiger partial charge on any atom is 0.0467 e. The van der Waals surface area contributed by atoms with Gasteiger partial charge in [0.1, 0.15) is 0 Å². The van der Waals surface area contributed by atoms with Crippen molar-refractivity contribution >= 4 is 48.6 Å². The molecule has 0 saturated heterocycles. The summed E-state index contributed by atoms with van der Waals surface area (Å²) >= 11 is 1.90. The molecule has 9 aromatic rings. The monoisotopic (exact) mass is 761 g/mol. The molecule has 1 spiro atoms. The maximum atomic E-state index is 2.54. The average molecular weight is 762 g/mol. The summed E-state index contributed by atoms with van der Waals surface area (Å²) in [6.45, 7) is 4.78. The van der Waals surface area contributed by atoms with Crippen molar-refractivity contribution in [3.05, 3.63) is 198 Å². The Hall–Kier alpha value is -6.22. The highest BCUT2D eigenvalue weighted by Crippen LogP contribution is 2.58. The van der Waals surface area contributed by atoms with E-state index in [9.17, 15) is 0 Å². The van der Waals surface area contributed by atoms with Crippen LogP contribution < -0.4 is 4.90 Å². The first-order chi connectivity index (χ1) is 28.5. The van der Waals surface area contributed by atoms with E-state index in [1.54, 1.807) is 0 Å². The lowest BCUT2D eigenvalue weighted by Crippen LogP contribution is -2.21. The molecule has 1 aromatic heterocycles. The van der Waals surface area contributed by atoms with E-state index in [1.807, 2.05) is 11.3 Å². The zero-order chi connectivity index (χ0) is 38.6. The van der Waals surface area contributed by atoms with Crippen molar-refractivity contribution < 1.29 is 0 Å². The van der Waals surface area contributed by atoms with E-state index in [0.29, 0.717) is 0 Å². The smallest absolute Gasteiger partial charge is 0.0467 e. The molecule has 0 amide bonds. The molecule has 58 heavy (non-hydrogen) atoms. The van der Waals surface area contributed by atoms with Crippen molar-refractivity contribution in [2.24, 2.45) is 0 Å². The average Bonchev–Trinajstić information content (AvgIpc) is 4.04. The molecule has 0 unspecified atom stereocenters. The number of hydrogen-bond donors (Lipinski definition) is 0. The molecule has 12 rings (SSSR count). The molecule has 1 fully saturated rings. The number of rotatable bonds is 5. The van der Waals surface area contributed by atoms with Crippen LogP contribution in [0.25, 0.3) is 64.7 Å². The molecule has 2 heteroatoms. The van der Waals surface area contributed by atoms with Crippen molar-refractivity contribution in [3.8, 4) is 44.5 Å². The van der Waals surface area contributed by atoms with Crippen LogP contribution in [0, 0.1) is 0 Å². The van der Waals surface area contributed by atoms with Crippen LogP contribution in [0.3, 0.4) is 0 Å². The molecule has 3 aliphatic rings. The van der Waals surface area contributed by atoms with Gasteiger partial charge in [-0.05, 0) is 122 Å². The molecule has 0 aliphatic heterocycles. The minimum atomic E-state index is -0.101. The van der Waals surface area contributed by atoms with Crippen LogP contribution in [0.5, 0.6) is 0 Å². The Morgan fingerprint density at radius 3 is 1.88 bits per heavy atom. The molecule has 0 radical (unpaired) electrons. The van der Waals surface area contributed by atoms with E-state index >= 15 is 0 Å². The fourth-order valence-corrected chi connectivity index (χ4v) is 12.5. The molecule has 0 atom stereocenters. The molecule has 1 heterocycles. The van der Waals surface area contributed by atoms with Gasteiger partial charge in [-0.3, -0.25) is 0 Å². The van der Waals surface area contributed by atoms with Gasteiger partial charge in [-0.25, -0.2) is 0 Å². The Labute approximate surface area is 344 Å². The van der Waals surface area contributed by atoms with Crippen LogP contribution in [0.1, 0.15) is 61.8 Å². The topological polar surface area (TPSA) is 3.24 Å². The summed E-state index contributed by atoms with van der Waals surface area (Å²) in [5, 5.41) is 2.67. The molecule has 8 aromatic carbocycles. The molecule has 1 saturated carbocycles. The van der Waals surface area contributed by atoms with Crippen LogP contribution in [0.15, 0.2) is 176 Å². The molecule has 3 aliphatic carbocycles. The molecule has 278 valence electrons. The predicted molar refractivity (Wildman–Crippen MR) is 247 cm³/mol. The van der Waals surface area contributed by atoms with Gasteiger partial charge in [0.25, 0.3) is 0 Å². The SMILES string of the molecule is CC1(C)c2ccccc2-c2cccc(-c3cccc(N(c4ccc(-c5cccc6c5sc5ccccc56)cc4)c4ccc5c(c4)C4(CCCC4)c4ccccc4-5)c3)c21. The summed E-state index contributed by atoms with van der Waals surface area (Å²) in [6, 6.07) is 66.5. The van der Waals surface area contributed by atoms with E-state index in [2.05, 4.69) is 195 Å². The van der Waals surface area contributed by atoms with Gasteiger partial charge in [-0.2, -0.15) is 0 Å². The second-order valence-electron chi connectivity index (χ2n) is 17.2. The lowest BCUT2D eigenvalue weighted by atomic mass is 9.76. The Morgan fingerprint density at radius 1 is 0.431 bits per heavy atom. The Morgan fingerprint density at radius 2 is 1.03 bits per heavy atom. The predicted octanol–water partition coefficient (Wildman–Crippen LogP) is 16.0. The number of fused-ring (bicyclic) bond motifs is 11. The summed E-state index contributed by atoms with van der Waals surface area (Å²) in [5.41, 5.74) is 20.0. The molecular formula is C56H43NS. The maximum absolute atomic E-state index is 2.54. The second kappa shape index (κ2) is 12.6. The van der Waals surface area contributed by atoms with Crippen molar-refractivity contribution in [3.63, 3.8) is 0 Å². The minimum absolute atomic E-state index is 0.0907. The van der Waals surface area contributed by atoms with E-state index in [-0.39, 0.29) is 10.8 Å². The zero-order valence-corrected chi connectivity index (χ0v) is 33.7. The Bertz CT molecular complexity index is 3100. The largest absolute Gasteiger partial charge is 0.310 e. The van der Waals surface area contributed by atoms with Gasteiger partial charge in [-0.15, -0.1) is 11.3 Å². The fraction of sp³-hybridized carbons (Fsp3) is 0.143. The van der Waals surface area contributed by atoms with E-state index in [1.165, 1.54) is 124 Å². The third-order valence-electron chi connectivity index (χ3n) is 13.8. The van der Waals surface area contributed by atoms with E-state index in [0.717, 1.165) is 5.69 Å². The van der Waals surface area contributed by atoms with Gasteiger partial charge >= 0.3 is 0 Å². The van der Waals surface area contributed by atoms with Crippen LogP contribution in [-0.4, -0.2) is 0 Å². The van der Waals surface area contributed by atoms with Gasteiger partial charge in [0, 0.05) is 48.1 Å². The normalized spacial score (nSPS) is 15.4. The molecular weight excluding hydrogens is 719 g/mol. The number of hydrogen-bond acceptors (Lipinski definition) is 2. The molecule has 0 N–H and O–H groups in total. The van der Waals surface area contributed by atoms with Crippen LogP contribution in [-0.2, 0) is 10.8 Å². The van der Waals surface area contributed by atoms with Gasteiger partial charge in [0.05, 0.1) is 0 Å².